The molecule has 3 rings (SSSR count). The summed E-state index contributed by atoms with van der Waals surface area (Å²) in [7, 11) is 2.27. The van der Waals surface area contributed by atoms with Crippen LogP contribution in [0.2, 0.25) is 0 Å². The molecule has 0 amide bonds. The standard InChI is InChI=1S/C16H22N2/c1-3-10-18(2)13-6-4-12-5-7-16-14(8-9-17-16)15(12)11-13/h5,7-9,13,17H,3-4,6,10-11H2,1-2H3/t13-/m0/s1. The summed E-state index contributed by atoms with van der Waals surface area (Å²) in [5, 5.41) is 1.43. The molecule has 18 heavy (non-hydrogen) atoms. The molecule has 0 unspecified atom stereocenters. The van der Waals surface area contributed by atoms with Gasteiger partial charge in [0.1, 0.15) is 0 Å². The number of aromatic nitrogens is 1. The van der Waals surface area contributed by atoms with Crippen LogP contribution in [0.4, 0.5) is 0 Å². The van der Waals surface area contributed by atoms with Crippen LogP contribution in [0.5, 0.6) is 0 Å². The first-order valence-corrected chi connectivity index (χ1v) is 7.07. The molecule has 0 radical (unpaired) electrons. The molecule has 96 valence electrons. The van der Waals surface area contributed by atoms with Crippen LogP contribution in [0.15, 0.2) is 24.4 Å². The van der Waals surface area contributed by atoms with Gasteiger partial charge in [-0.15, -0.1) is 0 Å². The third-order valence-electron chi connectivity index (χ3n) is 4.33. The molecule has 0 fully saturated rings. The van der Waals surface area contributed by atoms with E-state index in [9.17, 15) is 0 Å². The van der Waals surface area contributed by atoms with Crippen molar-refractivity contribution in [2.24, 2.45) is 0 Å². The van der Waals surface area contributed by atoms with Crippen molar-refractivity contribution in [3.05, 3.63) is 35.5 Å². The molecular formula is C16H22N2. The fourth-order valence-corrected chi connectivity index (χ4v) is 3.29. The minimum atomic E-state index is 0.720. The van der Waals surface area contributed by atoms with Crippen molar-refractivity contribution in [1.82, 2.24) is 9.88 Å². The number of fused-ring (bicyclic) bond motifs is 3. The van der Waals surface area contributed by atoms with Crippen molar-refractivity contribution in [2.45, 2.75) is 38.6 Å². The molecule has 2 aromatic rings. The van der Waals surface area contributed by atoms with Crippen molar-refractivity contribution in [3.8, 4) is 0 Å². The highest BCUT2D eigenvalue weighted by Gasteiger charge is 2.23. The number of likely N-dealkylation sites (N-methyl/N-ethyl adjacent to an activating group) is 1. The van der Waals surface area contributed by atoms with Crippen molar-refractivity contribution in [1.29, 1.82) is 0 Å². The van der Waals surface area contributed by atoms with Crippen molar-refractivity contribution in [3.63, 3.8) is 0 Å². The lowest BCUT2D eigenvalue weighted by molar-refractivity contribution is 0.223. The molecule has 1 atom stereocenters. The predicted octanol–water partition coefficient (Wildman–Crippen LogP) is 3.37. The average molecular weight is 242 g/mol. The lowest BCUT2D eigenvalue weighted by Gasteiger charge is -2.32. The van der Waals surface area contributed by atoms with Crippen LogP contribution in [-0.2, 0) is 12.8 Å². The summed E-state index contributed by atoms with van der Waals surface area (Å²) < 4.78 is 0. The summed E-state index contributed by atoms with van der Waals surface area (Å²) in [6.07, 6.45) is 7.05. The lowest BCUT2D eigenvalue weighted by Crippen LogP contribution is -2.36. The second kappa shape index (κ2) is 4.77. The van der Waals surface area contributed by atoms with Gasteiger partial charge in [-0.3, -0.25) is 0 Å². The summed E-state index contributed by atoms with van der Waals surface area (Å²) in [5.74, 6) is 0. The molecule has 1 N–H and O–H groups in total. The van der Waals surface area contributed by atoms with Gasteiger partial charge in [-0.05, 0) is 62.5 Å². The number of H-pyrrole nitrogens is 1. The molecule has 1 aromatic heterocycles. The number of aromatic amines is 1. The van der Waals surface area contributed by atoms with Crippen LogP contribution in [0, 0.1) is 0 Å². The van der Waals surface area contributed by atoms with Gasteiger partial charge >= 0.3 is 0 Å². The Morgan fingerprint density at radius 1 is 1.33 bits per heavy atom. The molecule has 0 bridgehead atoms. The Bertz CT molecular complexity index is 541. The number of hydrogen-bond acceptors (Lipinski definition) is 1. The largest absolute Gasteiger partial charge is 0.361 e. The van der Waals surface area contributed by atoms with Gasteiger partial charge < -0.3 is 9.88 Å². The van der Waals surface area contributed by atoms with E-state index in [4.69, 9.17) is 0 Å². The van der Waals surface area contributed by atoms with Crippen LogP contribution in [0.25, 0.3) is 10.9 Å². The molecule has 0 aliphatic heterocycles. The molecule has 1 aliphatic rings. The molecule has 0 spiro atoms. The van der Waals surface area contributed by atoms with E-state index in [0.29, 0.717) is 0 Å². The Balaban J connectivity index is 1.92. The number of hydrogen-bond donors (Lipinski definition) is 1. The van der Waals surface area contributed by atoms with E-state index in [0.717, 1.165) is 6.04 Å². The van der Waals surface area contributed by atoms with Crippen molar-refractivity contribution < 1.29 is 0 Å². The molecule has 0 saturated heterocycles. The van der Waals surface area contributed by atoms with Crippen LogP contribution in [-0.4, -0.2) is 29.5 Å². The average Bonchev–Trinajstić information content (AvgIpc) is 2.87. The van der Waals surface area contributed by atoms with Gasteiger partial charge in [-0.1, -0.05) is 13.0 Å². The van der Waals surface area contributed by atoms with Crippen LogP contribution >= 0.6 is 0 Å². The SMILES string of the molecule is CCCN(C)[C@H]1CCc2ccc3[nH]ccc3c2C1. The minimum Gasteiger partial charge on any atom is -0.361 e. The smallest absolute Gasteiger partial charge is 0.0456 e. The van der Waals surface area contributed by atoms with Crippen LogP contribution in [0.1, 0.15) is 30.9 Å². The van der Waals surface area contributed by atoms with E-state index in [1.807, 2.05) is 0 Å². The highest BCUT2D eigenvalue weighted by atomic mass is 15.1. The number of aryl methyl sites for hydroxylation is 1. The Labute approximate surface area is 109 Å². The second-order valence-electron chi connectivity index (χ2n) is 5.52. The van der Waals surface area contributed by atoms with Crippen LogP contribution < -0.4 is 0 Å². The summed E-state index contributed by atoms with van der Waals surface area (Å²) in [6, 6.07) is 7.49. The maximum absolute atomic E-state index is 3.33. The van der Waals surface area contributed by atoms with Gasteiger partial charge in [0.25, 0.3) is 0 Å². The maximum Gasteiger partial charge on any atom is 0.0456 e. The van der Waals surface area contributed by atoms with Gasteiger partial charge in [0.05, 0.1) is 0 Å². The van der Waals surface area contributed by atoms with Gasteiger partial charge in [0, 0.05) is 23.1 Å². The molecule has 2 heteroatoms. The highest BCUT2D eigenvalue weighted by Crippen LogP contribution is 2.30. The predicted molar refractivity (Wildman–Crippen MR) is 77.0 cm³/mol. The monoisotopic (exact) mass is 242 g/mol. The number of nitrogens with zero attached hydrogens (tertiary/aromatic N) is 1. The van der Waals surface area contributed by atoms with Gasteiger partial charge in [-0.2, -0.15) is 0 Å². The molecular weight excluding hydrogens is 220 g/mol. The van der Waals surface area contributed by atoms with Gasteiger partial charge in [0.15, 0.2) is 0 Å². The van der Waals surface area contributed by atoms with E-state index in [2.05, 4.69) is 48.3 Å². The van der Waals surface area contributed by atoms with E-state index < -0.39 is 0 Å². The first kappa shape index (κ1) is 11.8. The molecule has 1 aromatic carbocycles. The van der Waals surface area contributed by atoms with E-state index in [1.54, 1.807) is 11.1 Å². The maximum atomic E-state index is 3.33. The fourth-order valence-electron chi connectivity index (χ4n) is 3.29. The van der Waals surface area contributed by atoms with E-state index in [1.165, 1.54) is 43.1 Å². The summed E-state index contributed by atoms with van der Waals surface area (Å²) in [5.41, 5.74) is 4.42. The molecule has 2 nitrogen and oxygen atoms in total. The zero-order chi connectivity index (χ0) is 12.5. The normalized spacial score (nSPS) is 19.4. The summed E-state index contributed by atoms with van der Waals surface area (Å²) in [4.78, 5) is 5.86. The Hall–Kier alpha value is -1.28. The number of rotatable bonds is 3. The molecule has 0 saturated carbocycles. The molecule has 1 heterocycles. The number of nitrogens with one attached hydrogen (secondary N) is 1. The first-order chi connectivity index (χ1) is 8.79. The lowest BCUT2D eigenvalue weighted by atomic mass is 9.85. The minimum absolute atomic E-state index is 0.720. The Morgan fingerprint density at radius 3 is 3.06 bits per heavy atom. The van der Waals surface area contributed by atoms with Crippen molar-refractivity contribution >= 4 is 10.9 Å². The first-order valence-electron chi connectivity index (χ1n) is 7.07. The topological polar surface area (TPSA) is 19.0 Å². The Morgan fingerprint density at radius 2 is 2.22 bits per heavy atom. The third kappa shape index (κ3) is 1.95. The Kier molecular flexibility index (Phi) is 3.13. The summed E-state index contributed by atoms with van der Waals surface area (Å²) in [6.45, 7) is 3.47. The van der Waals surface area contributed by atoms with E-state index in [-0.39, 0.29) is 0 Å². The zero-order valence-corrected chi connectivity index (χ0v) is 11.4. The fraction of sp³-hybridized carbons (Fsp3) is 0.500. The third-order valence-corrected chi connectivity index (χ3v) is 4.33. The number of benzene rings is 1. The summed E-state index contributed by atoms with van der Waals surface area (Å²) >= 11 is 0. The second-order valence-corrected chi connectivity index (χ2v) is 5.52. The van der Waals surface area contributed by atoms with Gasteiger partial charge in [0.2, 0.25) is 0 Å². The van der Waals surface area contributed by atoms with Gasteiger partial charge in [-0.25, -0.2) is 0 Å². The molecule has 1 aliphatic carbocycles. The quantitative estimate of drug-likeness (QED) is 0.874. The van der Waals surface area contributed by atoms with Crippen LogP contribution in [0.3, 0.4) is 0 Å². The zero-order valence-electron chi connectivity index (χ0n) is 11.4. The van der Waals surface area contributed by atoms with Crippen molar-refractivity contribution in [2.75, 3.05) is 13.6 Å². The van der Waals surface area contributed by atoms with E-state index >= 15 is 0 Å². The highest BCUT2D eigenvalue weighted by molar-refractivity contribution is 5.84.